The summed E-state index contributed by atoms with van der Waals surface area (Å²) in [7, 11) is -4.71. The molecule has 1 aliphatic carbocycles. The van der Waals surface area contributed by atoms with Crippen molar-refractivity contribution < 1.29 is 31.8 Å². The largest absolute Gasteiger partial charge is 0.478 e. The molecule has 94 valence electrons. The summed E-state index contributed by atoms with van der Waals surface area (Å²) in [6, 6.07) is 0. The molecule has 1 rings (SSSR count). The van der Waals surface area contributed by atoms with Gasteiger partial charge in [-0.1, -0.05) is 12.2 Å². The quantitative estimate of drug-likeness (QED) is 0.539. The number of rotatable bonds is 4. The van der Waals surface area contributed by atoms with Crippen LogP contribution >= 0.6 is 0 Å². The molecule has 0 aromatic carbocycles. The van der Waals surface area contributed by atoms with Crippen LogP contribution in [-0.4, -0.2) is 35.9 Å². The Morgan fingerprint density at radius 1 is 1.53 bits per heavy atom. The molecule has 7 nitrogen and oxygen atoms in total. The first-order chi connectivity index (χ1) is 7.78. The molecule has 0 radical (unpaired) electrons. The second kappa shape index (κ2) is 5.21. The van der Waals surface area contributed by atoms with E-state index < -0.39 is 34.2 Å². The summed E-state index contributed by atoms with van der Waals surface area (Å²) in [5.74, 6) is -2.18. The fourth-order valence-corrected chi connectivity index (χ4v) is 1.82. The lowest BCUT2D eigenvalue weighted by atomic mass is 9.92. The van der Waals surface area contributed by atoms with Gasteiger partial charge in [0.25, 0.3) is 0 Å². The molecule has 0 aromatic rings. The SMILES string of the molecule is O=C(O)C=CC1C=CC(=O)C(OS(=O)(=O)O)C1. The third kappa shape index (κ3) is 4.89. The smallest absolute Gasteiger partial charge is 0.398 e. The predicted molar refractivity (Wildman–Crippen MR) is 55.5 cm³/mol. The fourth-order valence-electron chi connectivity index (χ4n) is 1.35. The monoisotopic (exact) mass is 262 g/mol. The minimum absolute atomic E-state index is 0.0428. The highest BCUT2D eigenvalue weighted by atomic mass is 32.3. The van der Waals surface area contributed by atoms with E-state index in [1.54, 1.807) is 0 Å². The molecule has 0 aliphatic heterocycles. The number of ketones is 1. The molecule has 2 unspecified atom stereocenters. The zero-order chi connectivity index (χ0) is 13.1. The fraction of sp³-hybridized carbons (Fsp3) is 0.333. The van der Waals surface area contributed by atoms with Crippen molar-refractivity contribution in [2.75, 3.05) is 0 Å². The van der Waals surface area contributed by atoms with Crippen LogP contribution in [0.5, 0.6) is 0 Å². The number of carbonyl (C=O) groups excluding carboxylic acids is 1. The Balaban J connectivity index is 2.74. The molecule has 0 saturated heterocycles. The molecule has 0 bridgehead atoms. The molecular formula is C9H10O7S. The molecule has 2 atom stereocenters. The van der Waals surface area contributed by atoms with Crippen LogP contribution < -0.4 is 0 Å². The van der Waals surface area contributed by atoms with Crippen LogP contribution in [0.1, 0.15) is 6.42 Å². The Morgan fingerprint density at radius 3 is 2.71 bits per heavy atom. The highest BCUT2D eigenvalue weighted by molar-refractivity contribution is 7.80. The average Bonchev–Trinajstić information content (AvgIpc) is 2.17. The third-order valence-corrected chi connectivity index (χ3v) is 2.51. The first-order valence-electron chi connectivity index (χ1n) is 4.57. The van der Waals surface area contributed by atoms with Crippen LogP contribution in [0.4, 0.5) is 0 Å². The number of hydrogen-bond donors (Lipinski definition) is 2. The van der Waals surface area contributed by atoms with Gasteiger partial charge in [0, 0.05) is 6.08 Å². The van der Waals surface area contributed by atoms with Crippen LogP contribution in [0.2, 0.25) is 0 Å². The van der Waals surface area contributed by atoms with Crippen LogP contribution in [0.15, 0.2) is 24.3 Å². The second-order valence-electron chi connectivity index (χ2n) is 3.37. The van der Waals surface area contributed by atoms with E-state index in [2.05, 4.69) is 4.18 Å². The maximum absolute atomic E-state index is 11.2. The molecule has 8 heteroatoms. The van der Waals surface area contributed by atoms with Crippen molar-refractivity contribution in [3.05, 3.63) is 24.3 Å². The Hall–Kier alpha value is -1.51. The van der Waals surface area contributed by atoms with E-state index in [1.807, 2.05) is 0 Å². The van der Waals surface area contributed by atoms with Crippen LogP contribution in [0.3, 0.4) is 0 Å². The topological polar surface area (TPSA) is 118 Å². The number of carboxylic acid groups (broad SMARTS) is 1. The lowest BCUT2D eigenvalue weighted by Gasteiger charge is -2.19. The number of carbonyl (C=O) groups is 2. The summed E-state index contributed by atoms with van der Waals surface area (Å²) in [6.45, 7) is 0. The van der Waals surface area contributed by atoms with Crippen LogP contribution in [0, 0.1) is 5.92 Å². The number of aliphatic carboxylic acids is 1. The average molecular weight is 262 g/mol. The highest BCUT2D eigenvalue weighted by Crippen LogP contribution is 2.20. The van der Waals surface area contributed by atoms with Gasteiger partial charge in [-0.05, 0) is 18.4 Å². The van der Waals surface area contributed by atoms with Crippen LogP contribution in [0.25, 0.3) is 0 Å². The summed E-state index contributed by atoms with van der Waals surface area (Å²) in [5.41, 5.74) is 0. The molecule has 0 fully saturated rings. The zero-order valence-electron chi connectivity index (χ0n) is 8.52. The highest BCUT2D eigenvalue weighted by Gasteiger charge is 2.28. The molecule has 17 heavy (non-hydrogen) atoms. The summed E-state index contributed by atoms with van der Waals surface area (Å²) >= 11 is 0. The number of carboxylic acids is 1. The van der Waals surface area contributed by atoms with Gasteiger partial charge in [-0.2, -0.15) is 8.42 Å². The first kappa shape index (κ1) is 13.6. The van der Waals surface area contributed by atoms with E-state index in [0.29, 0.717) is 0 Å². The van der Waals surface area contributed by atoms with Gasteiger partial charge in [-0.3, -0.25) is 9.35 Å². The van der Waals surface area contributed by atoms with Crippen molar-refractivity contribution in [2.45, 2.75) is 12.5 Å². The standard InChI is InChI=1S/C9H10O7S/c10-7-3-1-6(2-4-9(11)12)5-8(7)16-17(13,14)15/h1-4,6,8H,5H2,(H,11,12)(H,13,14,15). The number of hydrogen-bond acceptors (Lipinski definition) is 5. The van der Waals surface area contributed by atoms with Crippen molar-refractivity contribution >= 4 is 22.2 Å². The van der Waals surface area contributed by atoms with Gasteiger partial charge in [0.2, 0.25) is 0 Å². The maximum Gasteiger partial charge on any atom is 0.398 e. The number of allylic oxidation sites excluding steroid dienone is 2. The Kier molecular flexibility index (Phi) is 4.16. The first-order valence-corrected chi connectivity index (χ1v) is 5.93. The Bertz CT molecular complexity index is 474. The maximum atomic E-state index is 11.2. The van der Waals surface area contributed by atoms with Crippen molar-refractivity contribution in [2.24, 2.45) is 5.92 Å². The Morgan fingerprint density at radius 2 is 2.18 bits per heavy atom. The summed E-state index contributed by atoms with van der Waals surface area (Å²) < 4.78 is 33.6. The molecule has 0 saturated carbocycles. The molecular weight excluding hydrogens is 252 g/mol. The van der Waals surface area contributed by atoms with Gasteiger partial charge in [0.05, 0.1) is 0 Å². The van der Waals surface area contributed by atoms with Crippen LogP contribution in [-0.2, 0) is 24.2 Å². The molecule has 1 aliphatic rings. The lowest BCUT2D eigenvalue weighted by molar-refractivity contribution is -0.131. The summed E-state index contributed by atoms with van der Waals surface area (Å²) in [5, 5.41) is 8.40. The van der Waals surface area contributed by atoms with E-state index >= 15 is 0 Å². The second-order valence-corrected chi connectivity index (χ2v) is 4.42. The van der Waals surface area contributed by atoms with Crippen molar-refractivity contribution in [3.63, 3.8) is 0 Å². The lowest BCUT2D eigenvalue weighted by Crippen LogP contribution is -2.30. The van der Waals surface area contributed by atoms with E-state index in [9.17, 15) is 18.0 Å². The molecule has 0 amide bonds. The predicted octanol–water partition coefficient (Wildman–Crippen LogP) is -0.0396. The molecule has 0 heterocycles. The van der Waals surface area contributed by atoms with Gasteiger partial charge < -0.3 is 5.11 Å². The summed E-state index contributed by atoms with van der Waals surface area (Å²) in [6.07, 6.45) is 3.35. The molecule has 2 N–H and O–H groups in total. The zero-order valence-corrected chi connectivity index (χ0v) is 9.33. The van der Waals surface area contributed by atoms with E-state index in [1.165, 1.54) is 12.2 Å². The summed E-state index contributed by atoms with van der Waals surface area (Å²) in [4.78, 5) is 21.5. The third-order valence-electron chi connectivity index (χ3n) is 2.04. The van der Waals surface area contributed by atoms with Gasteiger partial charge in [-0.25, -0.2) is 8.98 Å². The normalized spacial score (nSPS) is 25.4. The molecule has 0 aromatic heterocycles. The van der Waals surface area contributed by atoms with Crippen molar-refractivity contribution in [1.82, 2.24) is 0 Å². The minimum atomic E-state index is -4.71. The minimum Gasteiger partial charge on any atom is -0.478 e. The van der Waals surface area contributed by atoms with Gasteiger partial charge in [0.15, 0.2) is 5.78 Å². The van der Waals surface area contributed by atoms with Crippen molar-refractivity contribution in [1.29, 1.82) is 0 Å². The molecule has 0 spiro atoms. The van der Waals surface area contributed by atoms with Crippen molar-refractivity contribution in [3.8, 4) is 0 Å². The van der Waals surface area contributed by atoms with Gasteiger partial charge >= 0.3 is 16.4 Å². The van der Waals surface area contributed by atoms with Gasteiger partial charge in [-0.15, -0.1) is 0 Å². The Labute approximate surface area is 97.3 Å². The van der Waals surface area contributed by atoms with E-state index in [0.717, 1.165) is 12.2 Å². The van der Waals surface area contributed by atoms with E-state index in [4.69, 9.17) is 9.66 Å². The van der Waals surface area contributed by atoms with E-state index in [-0.39, 0.29) is 6.42 Å². The van der Waals surface area contributed by atoms with Gasteiger partial charge in [0.1, 0.15) is 6.10 Å².